The third-order valence-corrected chi connectivity index (χ3v) is 3.06. The van der Waals surface area contributed by atoms with Crippen molar-refractivity contribution < 1.29 is 0 Å². The van der Waals surface area contributed by atoms with Gasteiger partial charge in [-0.1, -0.05) is 72.4 Å². The third-order valence-electron chi connectivity index (χ3n) is 2.81. The zero-order valence-electron chi connectivity index (χ0n) is 10.1. The summed E-state index contributed by atoms with van der Waals surface area (Å²) in [5.41, 5.74) is 3.61. The van der Waals surface area contributed by atoms with Gasteiger partial charge in [-0.2, -0.15) is 0 Å². The van der Waals surface area contributed by atoms with Crippen LogP contribution in [-0.2, 0) is 0 Å². The second kappa shape index (κ2) is 6.03. The summed E-state index contributed by atoms with van der Waals surface area (Å²) in [6, 6.07) is 18.7. The van der Waals surface area contributed by atoms with E-state index in [1.807, 2.05) is 18.2 Å². The van der Waals surface area contributed by atoms with Gasteiger partial charge in [0.25, 0.3) is 0 Å². The van der Waals surface area contributed by atoms with Crippen molar-refractivity contribution in [2.75, 3.05) is 0 Å². The first-order valence-corrected chi connectivity index (χ1v) is 6.63. The van der Waals surface area contributed by atoms with Crippen LogP contribution in [0.1, 0.15) is 22.7 Å². The lowest BCUT2D eigenvalue weighted by Crippen LogP contribution is -2.24. The van der Waals surface area contributed by atoms with Crippen LogP contribution in [0.2, 0.25) is 0 Å². The van der Waals surface area contributed by atoms with E-state index in [1.54, 1.807) is 0 Å². The minimum atomic E-state index is 0.0526. The molecule has 0 fully saturated rings. The molecule has 1 unspecified atom stereocenters. The van der Waals surface area contributed by atoms with E-state index >= 15 is 0 Å². The Kier molecular flexibility index (Phi) is 4.39. The fourth-order valence-corrected chi connectivity index (χ4v) is 2.13. The summed E-state index contributed by atoms with van der Waals surface area (Å²) in [7, 11) is 0. The molecule has 2 aromatic carbocycles. The Morgan fingerprint density at radius 2 is 1.56 bits per heavy atom. The molecule has 0 saturated heterocycles. The third kappa shape index (κ3) is 3.34. The van der Waals surface area contributed by atoms with Crippen molar-refractivity contribution in [3.05, 3.63) is 71.3 Å². The second-order valence-corrected chi connectivity index (χ2v) is 5.36. The minimum Gasteiger partial charge on any atom is -0.360 e. The van der Waals surface area contributed by atoms with Gasteiger partial charge in [0.2, 0.25) is 0 Å². The van der Waals surface area contributed by atoms with E-state index < -0.39 is 0 Å². The van der Waals surface area contributed by atoms with Crippen LogP contribution in [0, 0.1) is 6.92 Å². The maximum absolute atomic E-state index is 5.05. The van der Waals surface area contributed by atoms with Gasteiger partial charge in [-0.25, -0.2) is 0 Å². The molecule has 0 heterocycles. The zero-order chi connectivity index (χ0) is 13.0. The highest BCUT2D eigenvalue weighted by molar-refractivity contribution is 8.11. The number of hydrogen-bond acceptors (Lipinski definition) is 1. The molecule has 1 nitrogen and oxygen atoms in total. The van der Waals surface area contributed by atoms with E-state index in [0.717, 1.165) is 0 Å². The van der Waals surface area contributed by atoms with E-state index in [-0.39, 0.29) is 6.04 Å². The van der Waals surface area contributed by atoms with Crippen LogP contribution in [0.15, 0.2) is 54.6 Å². The Hall–Kier alpha value is -1.32. The van der Waals surface area contributed by atoms with Crippen molar-refractivity contribution in [1.82, 2.24) is 5.32 Å². The average Bonchev–Trinajstić information content (AvgIpc) is 2.38. The van der Waals surface area contributed by atoms with E-state index in [9.17, 15) is 0 Å². The maximum atomic E-state index is 5.05. The molecule has 0 aromatic heterocycles. The number of benzene rings is 2. The maximum Gasteiger partial charge on any atom is 0.131 e. The number of thiol groups is 1. The molecular weight excluding hydrogens is 258 g/mol. The van der Waals surface area contributed by atoms with E-state index in [0.29, 0.717) is 4.32 Å². The molecule has 0 saturated carbocycles. The Morgan fingerprint density at radius 1 is 1.00 bits per heavy atom. The molecule has 18 heavy (non-hydrogen) atoms. The summed E-state index contributed by atoms with van der Waals surface area (Å²) < 4.78 is 0.504. The number of rotatable bonds is 3. The van der Waals surface area contributed by atoms with Gasteiger partial charge in [0.1, 0.15) is 4.32 Å². The Morgan fingerprint density at radius 3 is 2.11 bits per heavy atom. The van der Waals surface area contributed by atoms with Crippen LogP contribution in [-0.4, -0.2) is 4.32 Å². The summed E-state index contributed by atoms with van der Waals surface area (Å²) in [5.74, 6) is 0. The molecule has 3 heteroatoms. The van der Waals surface area contributed by atoms with Crippen molar-refractivity contribution >= 4 is 29.2 Å². The first-order valence-electron chi connectivity index (χ1n) is 5.78. The van der Waals surface area contributed by atoms with Gasteiger partial charge in [0, 0.05) is 0 Å². The summed E-state index contributed by atoms with van der Waals surface area (Å²) in [6.45, 7) is 2.08. The average molecular weight is 273 g/mol. The van der Waals surface area contributed by atoms with E-state index in [2.05, 4.69) is 61.3 Å². The lowest BCUT2D eigenvalue weighted by Gasteiger charge is -2.20. The van der Waals surface area contributed by atoms with Crippen molar-refractivity contribution in [2.24, 2.45) is 0 Å². The summed E-state index contributed by atoms with van der Waals surface area (Å²) in [4.78, 5) is 0. The van der Waals surface area contributed by atoms with Gasteiger partial charge >= 0.3 is 0 Å². The SMILES string of the molecule is Cc1ccc(C(NC(=S)S)c2ccccc2)cc1. The van der Waals surface area contributed by atoms with Gasteiger partial charge in [-0.15, -0.1) is 12.6 Å². The van der Waals surface area contributed by atoms with Crippen molar-refractivity contribution in [2.45, 2.75) is 13.0 Å². The zero-order valence-corrected chi connectivity index (χ0v) is 11.8. The number of thiocarbonyl (C=S) groups is 1. The quantitative estimate of drug-likeness (QED) is 0.650. The predicted molar refractivity (Wildman–Crippen MR) is 84.2 cm³/mol. The summed E-state index contributed by atoms with van der Waals surface area (Å²) in [5, 5.41) is 3.23. The van der Waals surface area contributed by atoms with Crippen molar-refractivity contribution in [3.8, 4) is 0 Å². The van der Waals surface area contributed by atoms with Crippen LogP contribution in [0.3, 0.4) is 0 Å². The largest absolute Gasteiger partial charge is 0.360 e. The predicted octanol–water partition coefficient (Wildman–Crippen LogP) is 3.89. The molecule has 2 aromatic rings. The smallest absolute Gasteiger partial charge is 0.131 e. The molecular formula is C15H15NS2. The lowest BCUT2D eigenvalue weighted by molar-refractivity contribution is 0.777. The molecule has 0 radical (unpaired) electrons. The van der Waals surface area contributed by atoms with Crippen LogP contribution < -0.4 is 5.32 Å². The molecule has 0 bridgehead atoms. The highest BCUT2D eigenvalue weighted by atomic mass is 32.1. The second-order valence-electron chi connectivity index (χ2n) is 4.20. The molecule has 0 aliphatic heterocycles. The fourth-order valence-electron chi connectivity index (χ4n) is 1.89. The molecule has 0 amide bonds. The Balaban J connectivity index is 2.36. The Labute approximate surface area is 119 Å². The lowest BCUT2D eigenvalue weighted by atomic mass is 9.98. The van der Waals surface area contributed by atoms with Gasteiger partial charge in [-0.05, 0) is 18.1 Å². The molecule has 0 spiro atoms. The van der Waals surface area contributed by atoms with Crippen LogP contribution >= 0.6 is 24.8 Å². The van der Waals surface area contributed by atoms with E-state index in [1.165, 1.54) is 16.7 Å². The van der Waals surface area contributed by atoms with Gasteiger partial charge in [-0.3, -0.25) is 0 Å². The van der Waals surface area contributed by atoms with Crippen LogP contribution in [0.25, 0.3) is 0 Å². The molecule has 92 valence electrons. The minimum absolute atomic E-state index is 0.0526. The first-order chi connectivity index (χ1) is 8.66. The van der Waals surface area contributed by atoms with Gasteiger partial charge in [0.15, 0.2) is 0 Å². The van der Waals surface area contributed by atoms with Crippen molar-refractivity contribution in [1.29, 1.82) is 0 Å². The summed E-state index contributed by atoms with van der Waals surface area (Å²) >= 11 is 9.23. The highest BCUT2D eigenvalue weighted by Gasteiger charge is 2.13. The Bertz CT molecular complexity index is 520. The van der Waals surface area contributed by atoms with Gasteiger partial charge < -0.3 is 5.32 Å². The normalized spacial score (nSPS) is 11.9. The molecule has 0 aliphatic rings. The fraction of sp³-hybridized carbons (Fsp3) is 0.133. The molecule has 0 aliphatic carbocycles. The summed E-state index contributed by atoms with van der Waals surface area (Å²) in [6.07, 6.45) is 0. The molecule has 1 atom stereocenters. The van der Waals surface area contributed by atoms with E-state index in [4.69, 9.17) is 12.2 Å². The van der Waals surface area contributed by atoms with Crippen LogP contribution in [0.5, 0.6) is 0 Å². The highest BCUT2D eigenvalue weighted by Crippen LogP contribution is 2.22. The molecule has 1 N–H and O–H groups in total. The van der Waals surface area contributed by atoms with Gasteiger partial charge in [0.05, 0.1) is 6.04 Å². The van der Waals surface area contributed by atoms with Crippen LogP contribution in [0.4, 0.5) is 0 Å². The topological polar surface area (TPSA) is 12.0 Å². The van der Waals surface area contributed by atoms with Crippen molar-refractivity contribution in [3.63, 3.8) is 0 Å². The number of hydrogen-bond donors (Lipinski definition) is 2. The number of aryl methyl sites for hydroxylation is 1. The monoisotopic (exact) mass is 273 g/mol. The molecule has 2 rings (SSSR count). The number of nitrogens with one attached hydrogen (secondary N) is 1. The standard InChI is InChI=1S/C15H15NS2/c1-11-7-9-13(10-8-11)14(16-15(17)18)12-5-3-2-4-6-12/h2-10,14H,1H3,(H2,16,17,18). The first kappa shape index (κ1) is 13.1.